The Morgan fingerprint density at radius 2 is 1.87 bits per heavy atom. The molecule has 4 aliphatic rings. The van der Waals surface area contributed by atoms with Crippen molar-refractivity contribution in [2.45, 2.75) is 37.3 Å². The molecule has 0 aliphatic carbocycles. The van der Waals surface area contributed by atoms with Gasteiger partial charge in [-0.25, -0.2) is 4.39 Å². The summed E-state index contributed by atoms with van der Waals surface area (Å²) < 4.78 is 13.3. The summed E-state index contributed by atoms with van der Waals surface area (Å²) in [6, 6.07) is 7.82. The Hall–Kier alpha value is -1.46. The van der Waals surface area contributed by atoms with Crippen molar-refractivity contribution >= 4 is 5.97 Å². The molecule has 5 heteroatoms. The van der Waals surface area contributed by atoms with Gasteiger partial charge in [0.1, 0.15) is 5.82 Å². The number of carboxylic acids is 1. The van der Waals surface area contributed by atoms with E-state index in [2.05, 4.69) is 9.80 Å². The highest BCUT2D eigenvalue weighted by Crippen LogP contribution is 2.46. The van der Waals surface area contributed by atoms with Crippen LogP contribution in [0.5, 0.6) is 0 Å². The average Bonchev–Trinajstić information content (AvgIpc) is 2.96. The first-order valence-corrected chi connectivity index (χ1v) is 8.59. The summed E-state index contributed by atoms with van der Waals surface area (Å²) in [5, 5.41) is 9.04. The molecule has 4 saturated heterocycles. The van der Waals surface area contributed by atoms with Crippen LogP contribution in [0.2, 0.25) is 0 Å². The van der Waals surface area contributed by atoms with Gasteiger partial charge in [0.2, 0.25) is 0 Å². The first-order valence-electron chi connectivity index (χ1n) is 8.59. The lowest BCUT2D eigenvalue weighted by Gasteiger charge is -2.51. The minimum atomic E-state index is -0.729. The molecule has 23 heavy (non-hydrogen) atoms. The molecule has 4 nitrogen and oxygen atoms in total. The number of likely N-dealkylation sites (tertiary alicyclic amines) is 1. The van der Waals surface area contributed by atoms with Crippen LogP contribution in [0.1, 0.15) is 30.7 Å². The van der Waals surface area contributed by atoms with E-state index in [0.717, 1.165) is 19.6 Å². The van der Waals surface area contributed by atoms with Gasteiger partial charge in [-0.3, -0.25) is 14.6 Å². The predicted molar refractivity (Wildman–Crippen MR) is 84.8 cm³/mol. The van der Waals surface area contributed by atoms with Crippen molar-refractivity contribution in [2.24, 2.45) is 5.92 Å². The Bertz CT molecular complexity index is 583. The third-order valence-corrected chi connectivity index (χ3v) is 6.00. The van der Waals surface area contributed by atoms with Crippen LogP contribution >= 0.6 is 0 Å². The van der Waals surface area contributed by atoms with E-state index in [0.29, 0.717) is 30.5 Å². The zero-order valence-corrected chi connectivity index (χ0v) is 13.2. The van der Waals surface area contributed by atoms with E-state index < -0.39 is 5.97 Å². The molecule has 0 saturated carbocycles. The minimum absolute atomic E-state index is 0.198. The molecule has 0 radical (unpaired) electrons. The maximum atomic E-state index is 13.3. The summed E-state index contributed by atoms with van der Waals surface area (Å²) in [5.41, 5.74) is 1.19. The van der Waals surface area contributed by atoms with Crippen LogP contribution in [-0.2, 0) is 4.79 Å². The lowest BCUT2D eigenvalue weighted by Crippen LogP contribution is -2.60. The molecular weight excluding hydrogens is 295 g/mol. The highest BCUT2D eigenvalue weighted by molar-refractivity contribution is 5.66. The van der Waals surface area contributed by atoms with E-state index in [1.54, 1.807) is 12.1 Å². The largest absolute Gasteiger partial charge is 0.481 e. The number of hydrogen-bond donors (Lipinski definition) is 1. The number of hydrogen-bond acceptors (Lipinski definition) is 3. The van der Waals surface area contributed by atoms with Gasteiger partial charge in [0.25, 0.3) is 0 Å². The first-order chi connectivity index (χ1) is 11.1. The normalized spacial score (nSPS) is 36.1. The number of nitrogens with zero attached hydrogens (tertiary/aromatic N) is 2. The number of aliphatic carboxylic acids is 1. The molecule has 4 aliphatic heterocycles. The van der Waals surface area contributed by atoms with E-state index in [1.165, 1.54) is 18.4 Å². The molecule has 0 spiro atoms. The Labute approximate surface area is 135 Å². The second-order valence-corrected chi connectivity index (χ2v) is 7.15. The third-order valence-electron chi connectivity index (χ3n) is 6.00. The molecule has 1 N–H and O–H groups in total. The van der Waals surface area contributed by atoms with Gasteiger partial charge in [0, 0.05) is 31.1 Å². The predicted octanol–water partition coefficient (Wildman–Crippen LogP) is 2.16. The molecule has 4 heterocycles. The van der Waals surface area contributed by atoms with Crippen molar-refractivity contribution in [3.8, 4) is 0 Å². The van der Waals surface area contributed by atoms with E-state index in [4.69, 9.17) is 5.11 Å². The zero-order chi connectivity index (χ0) is 16.0. The number of piperidine rings is 3. The van der Waals surface area contributed by atoms with Crippen LogP contribution in [0, 0.1) is 11.7 Å². The molecule has 1 aromatic rings. The highest BCUT2D eigenvalue weighted by Gasteiger charge is 2.52. The fourth-order valence-corrected chi connectivity index (χ4v) is 5.04. The number of rotatable bonds is 4. The van der Waals surface area contributed by atoms with E-state index in [9.17, 15) is 9.18 Å². The van der Waals surface area contributed by atoms with Crippen molar-refractivity contribution in [1.82, 2.24) is 9.80 Å². The Kier molecular flexibility index (Phi) is 3.85. The van der Waals surface area contributed by atoms with E-state index in [1.807, 2.05) is 12.1 Å². The van der Waals surface area contributed by atoms with Crippen molar-refractivity contribution in [1.29, 1.82) is 0 Å². The summed E-state index contributed by atoms with van der Waals surface area (Å²) in [5.74, 6) is 0.117. The van der Waals surface area contributed by atoms with Crippen LogP contribution in [0.25, 0.3) is 0 Å². The molecule has 0 amide bonds. The molecule has 0 unspecified atom stereocenters. The zero-order valence-electron chi connectivity index (χ0n) is 13.2. The van der Waals surface area contributed by atoms with Crippen molar-refractivity contribution in [3.05, 3.63) is 35.6 Å². The summed E-state index contributed by atoms with van der Waals surface area (Å²) in [6.45, 7) is 3.81. The Morgan fingerprint density at radius 1 is 1.17 bits per heavy atom. The van der Waals surface area contributed by atoms with Crippen molar-refractivity contribution < 1.29 is 14.3 Å². The quantitative estimate of drug-likeness (QED) is 0.924. The lowest BCUT2D eigenvalue weighted by molar-refractivity contribution is -0.137. The molecular formula is C18H23FN2O2. The molecule has 3 atom stereocenters. The lowest BCUT2D eigenvalue weighted by atomic mass is 9.75. The minimum Gasteiger partial charge on any atom is -0.481 e. The molecule has 2 bridgehead atoms. The highest BCUT2D eigenvalue weighted by atomic mass is 19.1. The Balaban J connectivity index is 1.62. The monoisotopic (exact) mass is 318 g/mol. The van der Waals surface area contributed by atoms with Gasteiger partial charge in [-0.15, -0.1) is 0 Å². The van der Waals surface area contributed by atoms with Crippen LogP contribution in [0.3, 0.4) is 0 Å². The van der Waals surface area contributed by atoms with Crippen LogP contribution in [0.4, 0.5) is 4.39 Å². The Morgan fingerprint density at radius 3 is 2.52 bits per heavy atom. The van der Waals surface area contributed by atoms with Crippen LogP contribution in [-0.4, -0.2) is 59.1 Å². The van der Waals surface area contributed by atoms with Crippen molar-refractivity contribution in [3.63, 3.8) is 0 Å². The van der Waals surface area contributed by atoms with Gasteiger partial charge in [-0.05, 0) is 49.5 Å². The summed E-state index contributed by atoms with van der Waals surface area (Å²) in [7, 11) is 0. The molecule has 4 fully saturated rings. The third kappa shape index (κ3) is 2.66. The van der Waals surface area contributed by atoms with Crippen LogP contribution < -0.4 is 0 Å². The molecule has 5 rings (SSSR count). The smallest absolute Gasteiger partial charge is 0.304 e. The van der Waals surface area contributed by atoms with Gasteiger partial charge in [-0.2, -0.15) is 0 Å². The molecule has 124 valence electrons. The van der Waals surface area contributed by atoms with E-state index in [-0.39, 0.29) is 12.2 Å². The van der Waals surface area contributed by atoms with Gasteiger partial charge in [0.05, 0.1) is 6.42 Å². The topological polar surface area (TPSA) is 43.8 Å². The first kappa shape index (κ1) is 15.1. The fourth-order valence-electron chi connectivity index (χ4n) is 5.04. The standard InChI is InChI=1S/C18H23FN2O2/c19-14-3-1-12(2-4-14)15-11-21(10-7-16(22)23)17-13-5-8-20(9-6-13)18(15)17/h1-4,13,15,17-18H,5-11H2,(H,22,23)/t15-,17+,18+/m0/s1. The second-order valence-electron chi connectivity index (χ2n) is 7.15. The average molecular weight is 318 g/mol. The summed E-state index contributed by atoms with van der Waals surface area (Å²) >= 11 is 0. The van der Waals surface area contributed by atoms with Gasteiger partial charge >= 0.3 is 5.97 Å². The maximum absolute atomic E-state index is 13.3. The van der Waals surface area contributed by atoms with Crippen molar-refractivity contribution in [2.75, 3.05) is 26.2 Å². The fraction of sp³-hybridized carbons (Fsp3) is 0.611. The number of carbonyl (C=O) groups is 1. The molecule has 0 aromatic heterocycles. The van der Waals surface area contributed by atoms with Gasteiger partial charge in [-0.1, -0.05) is 12.1 Å². The SMILES string of the molecule is O=C(O)CCN1C[C@@H](c2ccc(F)cc2)[C@@H]2[C@H]1C1CCN2CC1. The molecule has 1 aromatic carbocycles. The number of fused-ring (bicyclic) bond motifs is 2. The summed E-state index contributed by atoms with van der Waals surface area (Å²) in [4.78, 5) is 16.0. The summed E-state index contributed by atoms with van der Waals surface area (Å²) in [6.07, 6.45) is 2.65. The van der Waals surface area contributed by atoms with Crippen LogP contribution in [0.15, 0.2) is 24.3 Å². The van der Waals surface area contributed by atoms with E-state index >= 15 is 0 Å². The second kappa shape index (κ2) is 5.87. The number of benzene rings is 1. The van der Waals surface area contributed by atoms with Gasteiger partial charge < -0.3 is 5.11 Å². The number of carboxylic acid groups (broad SMARTS) is 1. The maximum Gasteiger partial charge on any atom is 0.304 e. The van der Waals surface area contributed by atoms with Gasteiger partial charge in [0.15, 0.2) is 0 Å². The number of halogens is 1.